The van der Waals surface area contributed by atoms with Gasteiger partial charge >= 0.3 is 0 Å². The first-order chi connectivity index (χ1) is 14.3. The standard InChI is InChI=1S/C21H24Cl2N4O3/c1-14(28)25-12-19(29)26-20(30-13-15-7-5-4-6-8-15)17-11-16(22)9-10-18(17)27(24-3)21(26,2)23/h4-11,20,24H,12-13H2,1-3H3,(H,25,28). The molecule has 2 aromatic carbocycles. The number of benzene rings is 2. The zero-order chi connectivity index (χ0) is 21.9. The molecule has 1 aliphatic rings. The van der Waals surface area contributed by atoms with Crippen molar-refractivity contribution >= 4 is 40.7 Å². The van der Waals surface area contributed by atoms with Gasteiger partial charge in [0.05, 0.1) is 18.8 Å². The van der Waals surface area contributed by atoms with Crippen molar-refractivity contribution in [2.45, 2.75) is 31.8 Å². The number of carbonyl (C=O) groups excluding carboxylic acids is 2. The number of alkyl halides is 1. The number of ether oxygens (including phenoxy) is 1. The van der Waals surface area contributed by atoms with Crippen LogP contribution < -0.4 is 15.8 Å². The molecule has 0 radical (unpaired) electrons. The van der Waals surface area contributed by atoms with Crippen LogP contribution in [0.15, 0.2) is 48.5 Å². The summed E-state index contributed by atoms with van der Waals surface area (Å²) in [6.07, 6.45) is -0.813. The highest BCUT2D eigenvalue weighted by atomic mass is 35.5. The van der Waals surface area contributed by atoms with Gasteiger partial charge in [-0.05, 0) is 30.7 Å². The maximum absolute atomic E-state index is 13.2. The fourth-order valence-electron chi connectivity index (χ4n) is 3.49. The summed E-state index contributed by atoms with van der Waals surface area (Å²) in [5.41, 5.74) is 5.40. The molecule has 0 spiro atoms. The molecule has 160 valence electrons. The lowest BCUT2D eigenvalue weighted by Crippen LogP contribution is -2.66. The lowest BCUT2D eigenvalue weighted by molar-refractivity contribution is -0.159. The molecule has 0 bridgehead atoms. The highest BCUT2D eigenvalue weighted by Gasteiger charge is 2.49. The van der Waals surface area contributed by atoms with Crippen LogP contribution in [0.5, 0.6) is 0 Å². The van der Waals surface area contributed by atoms with Gasteiger partial charge in [-0.1, -0.05) is 53.5 Å². The second-order valence-electron chi connectivity index (χ2n) is 6.99. The molecule has 2 aromatic rings. The second kappa shape index (κ2) is 9.22. The Bertz CT molecular complexity index is 924. The molecule has 3 rings (SSSR count). The molecule has 0 aliphatic carbocycles. The monoisotopic (exact) mass is 450 g/mol. The topological polar surface area (TPSA) is 73.9 Å². The van der Waals surface area contributed by atoms with Gasteiger partial charge in [-0.25, -0.2) is 5.43 Å². The average molecular weight is 451 g/mol. The van der Waals surface area contributed by atoms with Gasteiger partial charge in [-0.2, -0.15) is 0 Å². The van der Waals surface area contributed by atoms with Gasteiger partial charge < -0.3 is 10.1 Å². The lowest BCUT2D eigenvalue weighted by Gasteiger charge is -2.52. The van der Waals surface area contributed by atoms with Crippen LogP contribution >= 0.6 is 23.2 Å². The van der Waals surface area contributed by atoms with Crippen molar-refractivity contribution in [1.82, 2.24) is 15.6 Å². The number of anilines is 1. The van der Waals surface area contributed by atoms with Crippen molar-refractivity contribution in [3.63, 3.8) is 0 Å². The van der Waals surface area contributed by atoms with Crippen molar-refractivity contribution in [2.24, 2.45) is 0 Å². The van der Waals surface area contributed by atoms with E-state index in [-0.39, 0.29) is 19.1 Å². The summed E-state index contributed by atoms with van der Waals surface area (Å²) >= 11 is 13.2. The molecule has 9 heteroatoms. The van der Waals surface area contributed by atoms with E-state index >= 15 is 0 Å². The lowest BCUT2D eigenvalue weighted by atomic mass is 10.0. The van der Waals surface area contributed by atoms with Crippen LogP contribution in [-0.2, 0) is 20.9 Å². The van der Waals surface area contributed by atoms with E-state index in [4.69, 9.17) is 27.9 Å². The van der Waals surface area contributed by atoms with E-state index in [0.717, 1.165) is 11.3 Å². The Morgan fingerprint density at radius 3 is 2.53 bits per heavy atom. The van der Waals surface area contributed by atoms with Crippen molar-refractivity contribution < 1.29 is 14.3 Å². The zero-order valence-corrected chi connectivity index (χ0v) is 18.5. The average Bonchev–Trinajstić information content (AvgIpc) is 2.70. The number of nitrogens with zero attached hydrogens (tertiary/aromatic N) is 2. The maximum Gasteiger partial charge on any atom is 0.247 e. The first kappa shape index (κ1) is 22.4. The van der Waals surface area contributed by atoms with Crippen LogP contribution in [0.4, 0.5) is 5.69 Å². The summed E-state index contributed by atoms with van der Waals surface area (Å²) in [6.45, 7) is 3.08. The Balaban J connectivity index is 2.04. The quantitative estimate of drug-likeness (QED) is 0.521. The number of amides is 2. The summed E-state index contributed by atoms with van der Waals surface area (Å²) in [6, 6.07) is 14.9. The van der Waals surface area contributed by atoms with E-state index < -0.39 is 17.3 Å². The predicted octanol–water partition coefficient (Wildman–Crippen LogP) is 3.39. The fourth-order valence-corrected chi connectivity index (χ4v) is 4.03. The maximum atomic E-state index is 13.2. The molecule has 1 aliphatic heterocycles. The molecule has 1 heterocycles. The fraction of sp³-hybridized carbons (Fsp3) is 0.333. The van der Waals surface area contributed by atoms with E-state index in [1.54, 1.807) is 31.1 Å². The highest BCUT2D eigenvalue weighted by molar-refractivity contribution is 6.31. The summed E-state index contributed by atoms with van der Waals surface area (Å²) in [5.74, 6) is -0.709. The third-order valence-corrected chi connectivity index (χ3v) is 5.40. The first-order valence-corrected chi connectivity index (χ1v) is 10.2. The van der Waals surface area contributed by atoms with Gasteiger partial charge in [0.25, 0.3) is 0 Å². The van der Waals surface area contributed by atoms with Crippen LogP contribution in [0, 0.1) is 0 Å². The third kappa shape index (κ3) is 4.54. The van der Waals surface area contributed by atoms with E-state index in [2.05, 4.69) is 10.7 Å². The van der Waals surface area contributed by atoms with Crippen LogP contribution in [0.3, 0.4) is 0 Å². The first-order valence-electron chi connectivity index (χ1n) is 9.43. The van der Waals surface area contributed by atoms with E-state index in [1.165, 1.54) is 11.8 Å². The third-order valence-electron chi connectivity index (χ3n) is 4.81. The largest absolute Gasteiger partial charge is 0.349 e. The summed E-state index contributed by atoms with van der Waals surface area (Å²) in [5, 5.41) is 3.39. The van der Waals surface area contributed by atoms with Gasteiger partial charge in [-0.15, -0.1) is 0 Å². The van der Waals surface area contributed by atoms with Gasteiger partial charge in [0.1, 0.15) is 0 Å². The Labute approximate surface area is 185 Å². The summed E-state index contributed by atoms with van der Waals surface area (Å²) < 4.78 is 6.21. The van der Waals surface area contributed by atoms with Gasteiger partial charge in [-0.3, -0.25) is 19.5 Å². The van der Waals surface area contributed by atoms with Crippen LogP contribution in [0.25, 0.3) is 0 Å². The van der Waals surface area contributed by atoms with E-state index in [1.807, 2.05) is 36.4 Å². The van der Waals surface area contributed by atoms with Gasteiger partial charge in [0.15, 0.2) is 6.23 Å². The van der Waals surface area contributed by atoms with Crippen LogP contribution in [0.2, 0.25) is 5.02 Å². The minimum absolute atomic E-state index is 0.212. The molecular weight excluding hydrogens is 427 g/mol. The number of carbonyl (C=O) groups is 2. The molecule has 0 saturated carbocycles. The van der Waals surface area contributed by atoms with Crippen molar-refractivity contribution in [2.75, 3.05) is 18.6 Å². The summed E-state index contributed by atoms with van der Waals surface area (Å²) in [7, 11) is 1.71. The Kier molecular flexibility index (Phi) is 6.88. The number of fused-ring (bicyclic) bond motifs is 1. The van der Waals surface area contributed by atoms with Crippen molar-refractivity contribution in [1.29, 1.82) is 0 Å². The van der Waals surface area contributed by atoms with Gasteiger partial charge in [0, 0.05) is 24.6 Å². The van der Waals surface area contributed by atoms with Crippen LogP contribution in [0.1, 0.15) is 31.2 Å². The minimum Gasteiger partial charge on any atom is -0.349 e. The van der Waals surface area contributed by atoms with Gasteiger partial charge in [0.2, 0.25) is 16.9 Å². The molecule has 2 N–H and O–H groups in total. The Hall–Kier alpha value is -2.32. The molecule has 0 fully saturated rings. The van der Waals surface area contributed by atoms with Crippen molar-refractivity contribution in [3.8, 4) is 0 Å². The zero-order valence-electron chi connectivity index (χ0n) is 17.0. The molecule has 2 atom stereocenters. The molecule has 0 aromatic heterocycles. The minimum atomic E-state index is -1.31. The second-order valence-corrected chi connectivity index (χ2v) is 8.14. The molecule has 0 saturated heterocycles. The van der Waals surface area contributed by atoms with Crippen LogP contribution in [-0.4, -0.2) is 35.4 Å². The predicted molar refractivity (Wildman–Crippen MR) is 117 cm³/mol. The number of hydrazine groups is 1. The number of nitrogens with one attached hydrogen (secondary N) is 2. The smallest absolute Gasteiger partial charge is 0.247 e. The van der Waals surface area contributed by atoms with Crippen molar-refractivity contribution in [3.05, 3.63) is 64.7 Å². The SMILES string of the molecule is CNN1c2ccc(Cl)cc2C(OCc2ccccc2)N(C(=O)CNC(C)=O)C1(C)Cl. The highest BCUT2D eigenvalue weighted by Crippen LogP contribution is 2.46. The summed E-state index contributed by atoms with van der Waals surface area (Å²) in [4.78, 5) is 25.9. The number of hydrogen-bond acceptors (Lipinski definition) is 5. The number of halogens is 2. The Morgan fingerprint density at radius 1 is 1.20 bits per heavy atom. The molecule has 7 nitrogen and oxygen atoms in total. The molecular formula is C21H24Cl2N4O3. The molecule has 2 amide bonds. The van der Waals surface area contributed by atoms with E-state index in [0.29, 0.717) is 10.6 Å². The Morgan fingerprint density at radius 2 is 1.90 bits per heavy atom. The number of rotatable bonds is 6. The molecule has 2 unspecified atom stereocenters. The normalized spacial score (nSPS) is 20.6. The number of hydrogen-bond donors (Lipinski definition) is 2. The molecule has 30 heavy (non-hydrogen) atoms. The van der Waals surface area contributed by atoms with E-state index in [9.17, 15) is 9.59 Å².